The maximum absolute atomic E-state index is 12.5. The number of nitrogens with zero attached hydrogens (tertiary/aromatic N) is 1. The van der Waals surface area contributed by atoms with Gasteiger partial charge in [0.2, 0.25) is 0 Å². The molecule has 0 aromatic heterocycles. The maximum Gasteiger partial charge on any atom is 0.306 e. The van der Waals surface area contributed by atoms with Crippen molar-refractivity contribution in [3.8, 4) is 0 Å². The Bertz CT molecular complexity index is 732. The highest BCUT2D eigenvalue weighted by Gasteiger charge is 2.25. The summed E-state index contributed by atoms with van der Waals surface area (Å²) < 4.78 is 16.9. The lowest BCUT2D eigenvalue weighted by Gasteiger charge is -2.34. The van der Waals surface area contributed by atoms with Gasteiger partial charge in [-0.15, -0.1) is 0 Å². The van der Waals surface area contributed by atoms with Crippen molar-refractivity contribution < 1.29 is 38.2 Å². The van der Waals surface area contributed by atoms with E-state index in [0.717, 1.165) is 64.2 Å². The van der Waals surface area contributed by atoms with Gasteiger partial charge in [-0.1, -0.05) is 96.6 Å². The molecule has 0 amide bonds. The molecular weight excluding hydrogens is 546 g/mol. The zero-order valence-corrected chi connectivity index (χ0v) is 28.4. The molecule has 0 heterocycles. The number of carbonyl (C=O) groups is 3. The highest BCUT2D eigenvalue weighted by molar-refractivity contribution is 5.70. The second kappa shape index (κ2) is 27.6. The summed E-state index contributed by atoms with van der Waals surface area (Å²) in [4.78, 5) is 36.2. The summed E-state index contributed by atoms with van der Waals surface area (Å²) in [6, 6.07) is -0.720. The largest absolute Gasteiger partial charge is 0.544 e. The predicted octanol–water partition coefficient (Wildman–Crippen LogP) is 6.68. The molecule has 0 radical (unpaired) electrons. The summed E-state index contributed by atoms with van der Waals surface area (Å²) in [5, 5.41) is 11.5. The normalized spacial score (nSPS) is 13.2. The van der Waals surface area contributed by atoms with Crippen molar-refractivity contribution in [2.45, 2.75) is 154 Å². The number of carboxylic acid groups (broad SMARTS) is 1. The Hall–Kier alpha value is -1.93. The highest BCUT2D eigenvalue weighted by atomic mass is 16.6. The van der Waals surface area contributed by atoms with E-state index in [1.165, 1.54) is 44.9 Å². The van der Waals surface area contributed by atoms with Gasteiger partial charge in [0.15, 0.2) is 6.10 Å². The van der Waals surface area contributed by atoms with Gasteiger partial charge in [-0.05, 0) is 38.5 Å². The molecular formula is C35H65NO7. The van der Waals surface area contributed by atoms with Crippen LogP contribution >= 0.6 is 0 Å². The van der Waals surface area contributed by atoms with Gasteiger partial charge in [0.05, 0.1) is 40.3 Å². The van der Waals surface area contributed by atoms with Crippen molar-refractivity contribution in [1.29, 1.82) is 0 Å². The third-order valence-corrected chi connectivity index (χ3v) is 7.65. The van der Waals surface area contributed by atoms with E-state index in [1.54, 1.807) is 21.1 Å². The molecule has 0 bridgehead atoms. The third-order valence-electron chi connectivity index (χ3n) is 7.65. The number of carboxylic acids is 1. The molecule has 0 fully saturated rings. The zero-order chi connectivity index (χ0) is 32.2. The van der Waals surface area contributed by atoms with E-state index in [2.05, 4.69) is 26.0 Å². The standard InChI is InChI=1S/C35H65NO7/c1-6-8-10-12-13-14-15-16-17-18-19-20-22-24-26-34(38)43-31(30-42-33(37)25-23-21-11-9-7-2)29-41-28-27-32(35(39)40)36(3,4)5/h15-16,31-32H,6-14,17-30H2,1-5H3/b16-15-. The monoisotopic (exact) mass is 611 g/mol. The van der Waals surface area contributed by atoms with Crippen molar-refractivity contribution in [3.05, 3.63) is 12.2 Å². The van der Waals surface area contributed by atoms with Crippen LogP contribution in [0.4, 0.5) is 0 Å². The molecule has 8 heteroatoms. The molecule has 0 saturated carbocycles. The number of rotatable bonds is 30. The van der Waals surface area contributed by atoms with Crippen LogP contribution in [-0.2, 0) is 28.6 Å². The molecule has 43 heavy (non-hydrogen) atoms. The van der Waals surface area contributed by atoms with Crippen LogP contribution in [0.5, 0.6) is 0 Å². The number of carbonyl (C=O) groups excluding carboxylic acids is 3. The Morgan fingerprint density at radius 2 is 1.16 bits per heavy atom. The topological polar surface area (TPSA) is 102 Å². The van der Waals surface area contributed by atoms with Crippen LogP contribution in [0, 0.1) is 0 Å². The number of aliphatic carboxylic acids is 1. The molecule has 252 valence electrons. The van der Waals surface area contributed by atoms with E-state index in [4.69, 9.17) is 14.2 Å². The first-order chi connectivity index (χ1) is 20.6. The Labute approximate surface area is 263 Å². The first kappa shape index (κ1) is 41.1. The van der Waals surface area contributed by atoms with Crippen LogP contribution in [0.25, 0.3) is 0 Å². The third kappa shape index (κ3) is 26.2. The van der Waals surface area contributed by atoms with Crippen molar-refractivity contribution in [2.75, 3.05) is 41.0 Å². The minimum atomic E-state index is -1.13. The van der Waals surface area contributed by atoms with Crippen LogP contribution in [0.3, 0.4) is 0 Å². The van der Waals surface area contributed by atoms with Gasteiger partial charge in [-0.3, -0.25) is 9.59 Å². The SMILES string of the molecule is CCCCCCC/C=C\CCCCCCCC(=O)OC(COCCC(C(=O)[O-])[N+](C)(C)C)COC(=O)CCCCCCC. The fourth-order valence-corrected chi connectivity index (χ4v) is 4.89. The highest BCUT2D eigenvalue weighted by Crippen LogP contribution is 2.12. The van der Waals surface area contributed by atoms with Crippen LogP contribution in [-0.4, -0.2) is 75.5 Å². The first-order valence-electron chi connectivity index (χ1n) is 17.2. The molecule has 0 aliphatic rings. The summed E-state index contributed by atoms with van der Waals surface area (Å²) >= 11 is 0. The van der Waals surface area contributed by atoms with E-state index in [1.807, 2.05) is 0 Å². The van der Waals surface area contributed by atoms with Crippen molar-refractivity contribution in [3.63, 3.8) is 0 Å². The van der Waals surface area contributed by atoms with Crippen LogP contribution < -0.4 is 5.11 Å². The van der Waals surface area contributed by atoms with Gasteiger partial charge < -0.3 is 28.6 Å². The Morgan fingerprint density at radius 1 is 0.674 bits per heavy atom. The number of unbranched alkanes of at least 4 members (excludes halogenated alkanes) is 14. The second-order valence-corrected chi connectivity index (χ2v) is 12.8. The number of ether oxygens (including phenoxy) is 3. The molecule has 0 spiro atoms. The molecule has 0 saturated heterocycles. The average Bonchev–Trinajstić information content (AvgIpc) is 2.94. The van der Waals surface area contributed by atoms with E-state index in [0.29, 0.717) is 12.8 Å². The Kier molecular flexibility index (Phi) is 26.4. The molecule has 0 aliphatic carbocycles. The lowest BCUT2D eigenvalue weighted by Crippen LogP contribution is -2.55. The fraction of sp³-hybridized carbons (Fsp3) is 0.857. The zero-order valence-electron chi connectivity index (χ0n) is 28.4. The summed E-state index contributed by atoms with van der Waals surface area (Å²) in [6.07, 6.45) is 24.1. The smallest absolute Gasteiger partial charge is 0.306 e. The van der Waals surface area contributed by atoms with Gasteiger partial charge in [-0.2, -0.15) is 0 Å². The van der Waals surface area contributed by atoms with Crippen LogP contribution in [0.15, 0.2) is 12.2 Å². The Balaban J connectivity index is 4.39. The number of quaternary nitrogens is 1. The molecule has 2 unspecified atom stereocenters. The van der Waals surface area contributed by atoms with Gasteiger partial charge in [0, 0.05) is 19.3 Å². The van der Waals surface area contributed by atoms with Crippen molar-refractivity contribution in [2.24, 2.45) is 0 Å². The molecule has 0 N–H and O–H groups in total. The number of likely N-dealkylation sites (N-methyl/N-ethyl adjacent to an activating group) is 1. The summed E-state index contributed by atoms with van der Waals surface area (Å²) in [7, 11) is 5.38. The van der Waals surface area contributed by atoms with Gasteiger partial charge in [0.25, 0.3) is 0 Å². The van der Waals surface area contributed by atoms with Crippen molar-refractivity contribution >= 4 is 17.9 Å². The van der Waals surface area contributed by atoms with Crippen LogP contribution in [0.1, 0.15) is 142 Å². The summed E-state index contributed by atoms with van der Waals surface area (Å²) in [5.41, 5.74) is 0. The van der Waals surface area contributed by atoms with Gasteiger partial charge in [0.1, 0.15) is 12.6 Å². The van der Waals surface area contributed by atoms with E-state index in [-0.39, 0.29) is 42.7 Å². The first-order valence-corrected chi connectivity index (χ1v) is 17.2. The molecule has 8 nitrogen and oxygen atoms in total. The maximum atomic E-state index is 12.5. The van der Waals surface area contributed by atoms with Gasteiger partial charge in [-0.25, -0.2) is 0 Å². The van der Waals surface area contributed by atoms with E-state index < -0.39 is 18.1 Å². The summed E-state index contributed by atoms with van der Waals surface area (Å²) in [6.45, 7) is 4.54. The fourth-order valence-electron chi connectivity index (χ4n) is 4.89. The van der Waals surface area contributed by atoms with E-state index >= 15 is 0 Å². The molecule has 0 rings (SSSR count). The quantitative estimate of drug-likeness (QED) is 0.0386. The number of hydrogen-bond donors (Lipinski definition) is 0. The molecule has 0 aliphatic heterocycles. The summed E-state index contributed by atoms with van der Waals surface area (Å²) in [5.74, 6) is -1.76. The average molecular weight is 612 g/mol. The molecule has 0 aromatic rings. The molecule has 0 aromatic carbocycles. The van der Waals surface area contributed by atoms with E-state index in [9.17, 15) is 19.5 Å². The Morgan fingerprint density at radius 3 is 1.67 bits per heavy atom. The lowest BCUT2D eigenvalue weighted by molar-refractivity contribution is -0.889. The molecule has 2 atom stereocenters. The number of allylic oxidation sites excluding steroid dienone is 2. The van der Waals surface area contributed by atoms with Gasteiger partial charge >= 0.3 is 11.9 Å². The lowest BCUT2D eigenvalue weighted by atomic mass is 10.1. The number of esters is 2. The minimum absolute atomic E-state index is 0.0404. The second-order valence-electron chi connectivity index (χ2n) is 12.8. The minimum Gasteiger partial charge on any atom is -0.544 e. The van der Waals surface area contributed by atoms with Crippen molar-refractivity contribution in [1.82, 2.24) is 0 Å². The predicted molar refractivity (Wildman–Crippen MR) is 171 cm³/mol. The number of hydrogen-bond acceptors (Lipinski definition) is 7. The van der Waals surface area contributed by atoms with Crippen LogP contribution in [0.2, 0.25) is 0 Å².